The van der Waals surface area contributed by atoms with E-state index in [1.54, 1.807) is 49.6 Å². The van der Waals surface area contributed by atoms with Crippen molar-refractivity contribution in [1.82, 2.24) is 0 Å². The average molecular weight is 402 g/mol. The number of ketones is 1. The van der Waals surface area contributed by atoms with Crippen molar-refractivity contribution in [1.29, 1.82) is 0 Å². The van der Waals surface area contributed by atoms with Gasteiger partial charge < -0.3 is 14.2 Å². The van der Waals surface area contributed by atoms with Gasteiger partial charge in [0.15, 0.2) is 5.78 Å². The summed E-state index contributed by atoms with van der Waals surface area (Å²) in [6, 6.07) is 21.5. The minimum atomic E-state index is -0.375. The second-order valence-electron chi connectivity index (χ2n) is 6.44. The molecule has 0 N–H and O–H groups in total. The van der Waals surface area contributed by atoms with Gasteiger partial charge in [0.25, 0.3) is 0 Å². The van der Waals surface area contributed by atoms with Crippen LogP contribution >= 0.6 is 0 Å². The Labute approximate surface area is 175 Å². The minimum Gasteiger partial charge on any atom is -0.497 e. The summed E-state index contributed by atoms with van der Waals surface area (Å²) in [4.78, 5) is 23.9. The molecule has 0 spiro atoms. The first kappa shape index (κ1) is 20.9. The van der Waals surface area contributed by atoms with Crippen LogP contribution in [0.5, 0.6) is 11.5 Å². The van der Waals surface area contributed by atoms with Crippen molar-refractivity contribution < 1.29 is 23.8 Å². The van der Waals surface area contributed by atoms with E-state index in [1.165, 1.54) is 13.2 Å². The molecule has 3 rings (SSSR count). The summed E-state index contributed by atoms with van der Waals surface area (Å²) >= 11 is 0. The molecule has 5 nitrogen and oxygen atoms in total. The zero-order chi connectivity index (χ0) is 21.3. The van der Waals surface area contributed by atoms with Gasteiger partial charge in [0.2, 0.25) is 0 Å². The number of hydrogen-bond acceptors (Lipinski definition) is 5. The Morgan fingerprint density at radius 2 is 1.50 bits per heavy atom. The number of hydrogen-bond donors (Lipinski definition) is 0. The van der Waals surface area contributed by atoms with Crippen molar-refractivity contribution >= 4 is 17.8 Å². The van der Waals surface area contributed by atoms with E-state index in [9.17, 15) is 9.59 Å². The molecule has 0 saturated heterocycles. The van der Waals surface area contributed by atoms with E-state index in [0.29, 0.717) is 29.2 Å². The van der Waals surface area contributed by atoms with Crippen LogP contribution in [0.1, 0.15) is 31.8 Å². The van der Waals surface area contributed by atoms with Crippen molar-refractivity contribution in [2.45, 2.75) is 6.61 Å². The molecule has 0 unspecified atom stereocenters. The Hall–Kier alpha value is -3.86. The highest BCUT2D eigenvalue weighted by molar-refractivity contribution is 6.07. The first-order chi connectivity index (χ1) is 14.6. The number of para-hydroxylation sites is 1. The number of carbonyl (C=O) groups excluding carboxylic acids is 2. The number of methoxy groups -OCH3 is 2. The van der Waals surface area contributed by atoms with E-state index < -0.39 is 0 Å². The number of benzene rings is 3. The van der Waals surface area contributed by atoms with Gasteiger partial charge in [-0.2, -0.15) is 0 Å². The lowest BCUT2D eigenvalue weighted by Gasteiger charge is -2.09. The fraction of sp³-hybridized carbons (Fsp3) is 0.120. The molecular formula is C25H22O5. The quantitative estimate of drug-likeness (QED) is 0.303. The third-order valence-corrected chi connectivity index (χ3v) is 4.48. The van der Waals surface area contributed by atoms with E-state index in [4.69, 9.17) is 14.2 Å². The maximum atomic E-state index is 12.4. The predicted molar refractivity (Wildman–Crippen MR) is 115 cm³/mol. The lowest BCUT2D eigenvalue weighted by atomic mass is 10.1. The van der Waals surface area contributed by atoms with Crippen molar-refractivity contribution in [3.8, 4) is 11.5 Å². The lowest BCUT2D eigenvalue weighted by molar-refractivity contribution is 0.0600. The van der Waals surface area contributed by atoms with Crippen LogP contribution in [0.3, 0.4) is 0 Å². The topological polar surface area (TPSA) is 61.8 Å². The SMILES string of the molecule is COC(=O)c1ccc(COc2ccccc2C=CC(=O)c2ccc(OC)cc2)cc1. The molecular weight excluding hydrogens is 380 g/mol. The molecule has 0 atom stereocenters. The van der Waals surface area contributed by atoms with E-state index in [-0.39, 0.29) is 11.8 Å². The minimum absolute atomic E-state index is 0.106. The summed E-state index contributed by atoms with van der Waals surface area (Å²) in [7, 11) is 2.93. The molecule has 0 heterocycles. The van der Waals surface area contributed by atoms with Gasteiger partial charge in [0.1, 0.15) is 18.1 Å². The van der Waals surface area contributed by atoms with Crippen molar-refractivity contribution in [3.05, 3.63) is 101 Å². The van der Waals surface area contributed by atoms with Gasteiger partial charge in [-0.1, -0.05) is 30.3 Å². The maximum absolute atomic E-state index is 12.4. The van der Waals surface area contributed by atoms with E-state index in [2.05, 4.69) is 0 Å². The second-order valence-corrected chi connectivity index (χ2v) is 6.44. The largest absolute Gasteiger partial charge is 0.497 e. The second kappa shape index (κ2) is 10.1. The molecule has 152 valence electrons. The number of carbonyl (C=O) groups is 2. The van der Waals surface area contributed by atoms with Crippen LogP contribution in [0.2, 0.25) is 0 Å². The molecule has 0 aliphatic heterocycles. The molecule has 3 aromatic rings. The third-order valence-electron chi connectivity index (χ3n) is 4.48. The molecule has 0 amide bonds. The lowest BCUT2D eigenvalue weighted by Crippen LogP contribution is -2.02. The molecule has 0 bridgehead atoms. The van der Waals surface area contributed by atoms with Crippen LogP contribution in [0.4, 0.5) is 0 Å². The Morgan fingerprint density at radius 1 is 0.833 bits per heavy atom. The summed E-state index contributed by atoms with van der Waals surface area (Å²) in [6.45, 7) is 0.332. The van der Waals surface area contributed by atoms with Gasteiger partial charge >= 0.3 is 5.97 Å². The van der Waals surface area contributed by atoms with Gasteiger partial charge in [0, 0.05) is 11.1 Å². The summed E-state index contributed by atoms with van der Waals surface area (Å²) in [5.41, 5.74) is 2.78. The van der Waals surface area contributed by atoms with E-state index >= 15 is 0 Å². The summed E-state index contributed by atoms with van der Waals surface area (Å²) in [5.74, 6) is 0.882. The van der Waals surface area contributed by atoms with Crippen LogP contribution in [0.25, 0.3) is 6.08 Å². The fourth-order valence-corrected chi connectivity index (χ4v) is 2.78. The number of rotatable bonds is 8. The normalized spacial score (nSPS) is 10.6. The molecule has 5 heteroatoms. The van der Waals surface area contributed by atoms with Crippen LogP contribution in [0, 0.1) is 0 Å². The van der Waals surface area contributed by atoms with E-state index in [1.807, 2.05) is 36.4 Å². The molecule has 0 aliphatic rings. The molecule has 30 heavy (non-hydrogen) atoms. The Bertz CT molecular complexity index is 1030. The van der Waals surface area contributed by atoms with Crippen molar-refractivity contribution in [2.24, 2.45) is 0 Å². The smallest absolute Gasteiger partial charge is 0.337 e. The highest BCUT2D eigenvalue weighted by Crippen LogP contribution is 2.22. The van der Waals surface area contributed by atoms with Gasteiger partial charge in [-0.3, -0.25) is 4.79 Å². The third kappa shape index (κ3) is 5.35. The average Bonchev–Trinajstić information content (AvgIpc) is 2.81. The molecule has 3 aromatic carbocycles. The fourth-order valence-electron chi connectivity index (χ4n) is 2.78. The van der Waals surface area contributed by atoms with Gasteiger partial charge in [0.05, 0.1) is 19.8 Å². The van der Waals surface area contributed by atoms with Gasteiger partial charge in [-0.25, -0.2) is 4.79 Å². The van der Waals surface area contributed by atoms with Crippen molar-refractivity contribution in [2.75, 3.05) is 14.2 Å². The molecule has 0 radical (unpaired) electrons. The Morgan fingerprint density at radius 3 is 2.17 bits per heavy atom. The van der Waals surface area contributed by atoms with Crippen LogP contribution in [-0.4, -0.2) is 26.0 Å². The first-order valence-electron chi connectivity index (χ1n) is 9.36. The molecule has 0 aliphatic carbocycles. The monoisotopic (exact) mass is 402 g/mol. The Balaban J connectivity index is 1.67. The van der Waals surface area contributed by atoms with Gasteiger partial charge in [-0.05, 0) is 60.2 Å². The first-order valence-corrected chi connectivity index (χ1v) is 9.36. The highest BCUT2D eigenvalue weighted by atomic mass is 16.5. The van der Waals surface area contributed by atoms with Crippen LogP contribution < -0.4 is 9.47 Å². The highest BCUT2D eigenvalue weighted by Gasteiger charge is 2.06. The standard InChI is InChI=1S/C25H22O5/c1-28-22-14-11-19(12-15-22)23(26)16-13-20-5-3-4-6-24(20)30-17-18-7-9-21(10-8-18)25(27)29-2/h3-16H,17H2,1-2H3. The molecule has 0 aromatic heterocycles. The van der Waals surface area contributed by atoms with Crippen LogP contribution in [0.15, 0.2) is 78.9 Å². The molecule has 0 saturated carbocycles. The summed E-state index contributed by atoms with van der Waals surface area (Å²) in [5, 5.41) is 0. The number of allylic oxidation sites excluding steroid dienone is 1. The molecule has 0 fully saturated rings. The number of ether oxygens (including phenoxy) is 3. The van der Waals surface area contributed by atoms with Crippen molar-refractivity contribution in [3.63, 3.8) is 0 Å². The predicted octanol–water partition coefficient (Wildman–Crippen LogP) is 4.96. The maximum Gasteiger partial charge on any atom is 0.337 e. The Kier molecular flexibility index (Phi) is 7.00. The summed E-state index contributed by atoms with van der Waals surface area (Å²) in [6.07, 6.45) is 3.26. The summed E-state index contributed by atoms with van der Waals surface area (Å²) < 4.78 is 15.7. The van der Waals surface area contributed by atoms with Gasteiger partial charge in [-0.15, -0.1) is 0 Å². The van der Waals surface area contributed by atoms with Crippen LogP contribution in [-0.2, 0) is 11.3 Å². The zero-order valence-electron chi connectivity index (χ0n) is 16.8. The van der Waals surface area contributed by atoms with E-state index in [0.717, 1.165) is 11.1 Å². The number of esters is 1. The zero-order valence-corrected chi connectivity index (χ0v) is 16.8.